The van der Waals surface area contributed by atoms with Crippen molar-refractivity contribution in [3.05, 3.63) is 59.7 Å². The monoisotopic (exact) mass is 319 g/mol. The summed E-state index contributed by atoms with van der Waals surface area (Å²) in [6.45, 7) is 0. The third kappa shape index (κ3) is 2.50. The average Bonchev–Trinajstić information content (AvgIpc) is 3.28. The standard InChI is InChI=1S/C21H21NO2/c1-24-21(23)16-11-12-17-18(13-16)22-20(15-9-3-2-4-10-15)19(17)14-7-5-6-8-14/h2-4,9-14,22H,5-8H2,1H3. The van der Waals surface area contributed by atoms with Crippen LogP contribution >= 0.6 is 0 Å². The van der Waals surface area contributed by atoms with Gasteiger partial charge in [0.25, 0.3) is 0 Å². The van der Waals surface area contributed by atoms with E-state index in [1.165, 1.54) is 55.0 Å². The molecular formula is C21H21NO2. The van der Waals surface area contributed by atoms with Crippen molar-refractivity contribution in [1.29, 1.82) is 0 Å². The van der Waals surface area contributed by atoms with Gasteiger partial charge in [-0.05, 0) is 42.0 Å². The summed E-state index contributed by atoms with van der Waals surface area (Å²) in [6.07, 6.45) is 5.08. The first-order valence-corrected chi connectivity index (χ1v) is 8.57. The minimum Gasteiger partial charge on any atom is -0.465 e. The van der Waals surface area contributed by atoms with Crippen LogP contribution in [0.15, 0.2) is 48.5 Å². The molecule has 0 bridgehead atoms. The van der Waals surface area contributed by atoms with Gasteiger partial charge in [-0.15, -0.1) is 0 Å². The van der Waals surface area contributed by atoms with Crippen LogP contribution in [0.3, 0.4) is 0 Å². The molecule has 4 rings (SSSR count). The molecule has 0 radical (unpaired) electrons. The Labute approximate surface area is 141 Å². The zero-order valence-corrected chi connectivity index (χ0v) is 13.8. The molecule has 3 heteroatoms. The van der Waals surface area contributed by atoms with Crippen molar-refractivity contribution in [3.8, 4) is 11.3 Å². The number of H-pyrrole nitrogens is 1. The van der Waals surface area contributed by atoms with Crippen molar-refractivity contribution in [1.82, 2.24) is 4.98 Å². The molecule has 3 aromatic rings. The third-order valence-corrected chi connectivity index (χ3v) is 5.09. The van der Waals surface area contributed by atoms with Gasteiger partial charge in [-0.2, -0.15) is 0 Å². The van der Waals surface area contributed by atoms with Crippen LogP contribution < -0.4 is 0 Å². The molecule has 1 N–H and O–H groups in total. The number of rotatable bonds is 3. The molecule has 0 amide bonds. The van der Waals surface area contributed by atoms with E-state index in [0.717, 1.165) is 5.52 Å². The van der Waals surface area contributed by atoms with Gasteiger partial charge in [0.05, 0.1) is 12.7 Å². The quantitative estimate of drug-likeness (QED) is 0.667. The molecule has 2 aromatic carbocycles. The summed E-state index contributed by atoms with van der Waals surface area (Å²) in [4.78, 5) is 15.4. The summed E-state index contributed by atoms with van der Waals surface area (Å²) in [6, 6.07) is 16.3. The predicted octanol–water partition coefficient (Wildman–Crippen LogP) is 5.28. The number of nitrogens with one attached hydrogen (secondary N) is 1. The highest BCUT2D eigenvalue weighted by atomic mass is 16.5. The van der Waals surface area contributed by atoms with Gasteiger partial charge in [-0.1, -0.05) is 49.2 Å². The van der Waals surface area contributed by atoms with Crippen LogP contribution in [0.5, 0.6) is 0 Å². The van der Waals surface area contributed by atoms with E-state index >= 15 is 0 Å². The number of hydrogen-bond acceptors (Lipinski definition) is 2. The fraction of sp³-hybridized carbons (Fsp3) is 0.286. The molecule has 0 spiro atoms. The van der Waals surface area contributed by atoms with Crippen molar-refractivity contribution in [2.45, 2.75) is 31.6 Å². The Hall–Kier alpha value is -2.55. The lowest BCUT2D eigenvalue weighted by Crippen LogP contribution is -2.00. The minimum atomic E-state index is -0.296. The van der Waals surface area contributed by atoms with Crippen LogP contribution in [0.25, 0.3) is 22.2 Å². The maximum absolute atomic E-state index is 11.8. The molecule has 0 atom stereocenters. The molecule has 24 heavy (non-hydrogen) atoms. The molecule has 1 fully saturated rings. The molecule has 1 saturated carbocycles. The molecular weight excluding hydrogens is 298 g/mol. The summed E-state index contributed by atoms with van der Waals surface area (Å²) in [5.74, 6) is 0.299. The van der Waals surface area contributed by atoms with Crippen LogP contribution in [0.4, 0.5) is 0 Å². The number of hydrogen-bond donors (Lipinski definition) is 1. The number of carbonyl (C=O) groups is 1. The summed E-state index contributed by atoms with van der Waals surface area (Å²) in [7, 11) is 1.42. The van der Waals surface area contributed by atoms with Gasteiger partial charge in [0.1, 0.15) is 0 Å². The van der Waals surface area contributed by atoms with E-state index in [4.69, 9.17) is 4.74 Å². The van der Waals surface area contributed by atoms with Crippen molar-refractivity contribution < 1.29 is 9.53 Å². The van der Waals surface area contributed by atoms with Gasteiger partial charge in [0, 0.05) is 16.6 Å². The van der Waals surface area contributed by atoms with E-state index in [1.807, 2.05) is 18.2 Å². The van der Waals surface area contributed by atoms with Crippen molar-refractivity contribution >= 4 is 16.9 Å². The molecule has 1 aromatic heterocycles. The first-order chi connectivity index (χ1) is 11.8. The summed E-state index contributed by atoms with van der Waals surface area (Å²) in [5.41, 5.74) is 5.40. The second-order valence-electron chi connectivity index (χ2n) is 6.51. The maximum atomic E-state index is 11.8. The molecule has 0 aliphatic heterocycles. The SMILES string of the molecule is COC(=O)c1ccc2c(C3CCCC3)c(-c3ccccc3)[nH]c2c1. The lowest BCUT2D eigenvalue weighted by Gasteiger charge is -2.12. The van der Waals surface area contributed by atoms with E-state index in [-0.39, 0.29) is 5.97 Å². The highest BCUT2D eigenvalue weighted by Gasteiger charge is 2.25. The molecule has 1 aliphatic carbocycles. The number of esters is 1. The highest BCUT2D eigenvalue weighted by Crippen LogP contribution is 2.43. The van der Waals surface area contributed by atoms with Crippen molar-refractivity contribution in [2.75, 3.05) is 7.11 Å². The number of ether oxygens (including phenoxy) is 1. The van der Waals surface area contributed by atoms with Gasteiger partial charge in [-0.3, -0.25) is 0 Å². The normalized spacial score (nSPS) is 15.0. The zero-order chi connectivity index (χ0) is 16.5. The lowest BCUT2D eigenvalue weighted by molar-refractivity contribution is 0.0601. The van der Waals surface area contributed by atoms with E-state index in [2.05, 4.69) is 35.3 Å². The molecule has 0 unspecified atom stereocenters. The largest absolute Gasteiger partial charge is 0.465 e. The van der Waals surface area contributed by atoms with E-state index in [1.54, 1.807) is 0 Å². The van der Waals surface area contributed by atoms with Gasteiger partial charge in [-0.25, -0.2) is 4.79 Å². The molecule has 122 valence electrons. The minimum absolute atomic E-state index is 0.296. The molecule has 1 heterocycles. The number of aromatic amines is 1. The van der Waals surface area contributed by atoms with Crippen molar-refractivity contribution in [3.63, 3.8) is 0 Å². The fourth-order valence-electron chi connectivity index (χ4n) is 3.94. The fourth-order valence-corrected chi connectivity index (χ4v) is 3.94. The summed E-state index contributed by atoms with van der Waals surface area (Å²) < 4.78 is 4.85. The highest BCUT2D eigenvalue weighted by molar-refractivity contribution is 5.98. The first kappa shape index (κ1) is 15.0. The Bertz CT molecular complexity index is 873. The molecule has 0 saturated heterocycles. The number of benzene rings is 2. The summed E-state index contributed by atoms with van der Waals surface area (Å²) >= 11 is 0. The Kier molecular flexibility index (Phi) is 3.85. The number of fused-ring (bicyclic) bond motifs is 1. The number of carbonyl (C=O) groups excluding carboxylic acids is 1. The van der Waals surface area contributed by atoms with E-state index in [0.29, 0.717) is 11.5 Å². The Morgan fingerprint density at radius 3 is 2.54 bits per heavy atom. The zero-order valence-electron chi connectivity index (χ0n) is 13.8. The topological polar surface area (TPSA) is 42.1 Å². The number of methoxy groups -OCH3 is 1. The van der Waals surface area contributed by atoms with Crippen LogP contribution in [0.1, 0.15) is 47.5 Å². The Balaban J connectivity index is 1.92. The third-order valence-electron chi connectivity index (χ3n) is 5.09. The molecule has 3 nitrogen and oxygen atoms in total. The van der Waals surface area contributed by atoms with Crippen LogP contribution in [-0.4, -0.2) is 18.1 Å². The van der Waals surface area contributed by atoms with E-state index < -0.39 is 0 Å². The van der Waals surface area contributed by atoms with Gasteiger partial charge < -0.3 is 9.72 Å². The van der Waals surface area contributed by atoms with Crippen LogP contribution in [0, 0.1) is 0 Å². The average molecular weight is 319 g/mol. The maximum Gasteiger partial charge on any atom is 0.337 e. The second kappa shape index (κ2) is 6.16. The predicted molar refractivity (Wildman–Crippen MR) is 96.3 cm³/mol. The van der Waals surface area contributed by atoms with Gasteiger partial charge >= 0.3 is 5.97 Å². The number of aromatic nitrogens is 1. The van der Waals surface area contributed by atoms with Crippen LogP contribution in [-0.2, 0) is 4.74 Å². The van der Waals surface area contributed by atoms with Gasteiger partial charge in [0.2, 0.25) is 0 Å². The summed E-state index contributed by atoms with van der Waals surface area (Å²) in [5, 5.41) is 1.23. The first-order valence-electron chi connectivity index (χ1n) is 8.57. The second-order valence-corrected chi connectivity index (χ2v) is 6.51. The van der Waals surface area contributed by atoms with E-state index in [9.17, 15) is 4.79 Å². The van der Waals surface area contributed by atoms with Gasteiger partial charge in [0.15, 0.2) is 0 Å². The van der Waals surface area contributed by atoms with Crippen LogP contribution in [0.2, 0.25) is 0 Å². The van der Waals surface area contributed by atoms with Crippen molar-refractivity contribution in [2.24, 2.45) is 0 Å². The lowest BCUT2D eigenvalue weighted by atomic mass is 9.92. The Morgan fingerprint density at radius 1 is 1.08 bits per heavy atom. The smallest absolute Gasteiger partial charge is 0.337 e. The Morgan fingerprint density at radius 2 is 1.83 bits per heavy atom. The molecule has 1 aliphatic rings.